The lowest BCUT2D eigenvalue weighted by Gasteiger charge is -2.24. The van der Waals surface area contributed by atoms with Crippen molar-refractivity contribution in [2.45, 2.75) is 51.6 Å². The van der Waals surface area contributed by atoms with Gasteiger partial charge in [-0.1, -0.05) is 0 Å². The zero-order valence-corrected chi connectivity index (χ0v) is 12.8. The van der Waals surface area contributed by atoms with E-state index in [1.165, 1.54) is 0 Å². The first-order chi connectivity index (χ1) is 9.41. The Morgan fingerprint density at radius 2 is 2.15 bits per heavy atom. The zero-order chi connectivity index (χ0) is 15.1. The summed E-state index contributed by atoms with van der Waals surface area (Å²) in [7, 11) is 2.07. The lowest BCUT2D eigenvalue weighted by atomic mass is 10.1. The molecule has 116 valence electrons. The Labute approximate surface area is 121 Å². The quantitative estimate of drug-likeness (QED) is 0.693. The first-order valence-corrected chi connectivity index (χ1v) is 7.38. The van der Waals surface area contributed by atoms with E-state index in [2.05, 4.69) is 31.1 Å². The van der Waals surface area contributed by atoms with Crippen molar-refractivity contribution in [3.63, 3.8) is 0 Å². The molecule has 0 bridgehead atoms. The monoisotopic (exact) mass is 285 g/mol. The Morgan fingerprint density at radius 1 is 1.45 bits per heavy atom. The van der Waals surface area contributed by atoms with Crippen molar-refractivity contribution < 1.29 is 14.7 Å². The van der Waals surface area contributed by atoms with Gasteiger partial charge < -0.3 is 20.2 Å². The van der Waals surface area contributed by atoms with Gasteiger partial charge in [0.25, 0.3) is 0 Å². The van der Waals surface area contributed by atoms with E-state index >= 15 is 0 Å². The Bertz CT molecular complexity index is 334. The molecule has 1 aliphatic rings. The molecule has 0 aromatic heterocycles. The van der Waals surface area contributed by atoms with Crippen LogP contribution in [-0.2, 0) is 4.79 Å². The molecule has 0 saturated carbocycles. The molecule has 6 nitrogen and oxygen atoms in total. The minimum atomic E-state index is -0.840. The van der Waals surface area contributed by atoms with Crippen molar-refractivity contribution in [3.05, 3.63) is 0 Å². The Morgan fingerprint density at radius 3 is 2.75 bits per heavy atom. The normalized spacial score (nSPS) is 18.9. The largest absolute Gasteiger partial charge is 0.481 e. The van der Waals surface area contributed by atoms with Gasteiger partial charge in [-0.25, -0.2) is 4.79 Å². The number of carbonyl (C=O) groups excluding carboxylic acids is 1. The maximum atomic E-state index is 12.0. The Hall–Kier alpha value is -1.30. The minimum absolute atomic E-state index is 0.0451. The summed E-state index contributed by atoms with van der Waals surface area (Å²) in [5, 5.41) is 11.7. The van der Waals surface area contributed by atoms with Crippen LogP contribution in [-0.4, -0.2) is 65.7 Å². The summed E-state index contributed by atoms with van der Waals surface area (Å²) < 4.78 is 0. The molecule has 2 amide bonds. The molecule has 1 rings (SSSR count). The smallest absolute Gasteiger partial charge is 0.317 e. The maximum absolute atomic E-state index is 12.0. The predicted molar refractivity (Wildman–Crippen MR) is 77.8 cm³/mol. The van der Waals surface area contributed by atoms with Crippen LogP contribution in [0.1, 0.15) is 39.5 Å². The lowest BCUT2D eigenvalue weighted by Crippen LogP contribution is -2.44. The van der Waals surface area contributed by atoms with E-state index in [1.807, 2.05) is 0 Å². The highest BCUT2D eigenvalue weighted by Gasteiger charge is 2.30. The summed E-state index contributed by atoms with van der Waals surface area (Å²) in [6, 6.07) is 0.232. The number of nitrogens with one attached hydrogen (secondary N) is 1. The molecule has 1 saturated heterocycles. The molecule has 2 N–H and O–H groups in total. The van der Waals surface area contributed by atoms with Crippen molar-refractivity contribution in [1.29, 1.82) is 0 Å². The highest BCUT2D eigenvalue weighted by Crippen LogP contribution is 2.19. The molecule has 6 heteroatoms. The van der Waals surface area contributed by atoms with Crippen LogP contribution in [0.2, 0.25) is 0 Å². The summed E-state index contributed by atoms with van der Waals surface area (Å²) in [5.74, 6) is -0.840. The number of rotatable bonds is 7. The van der Waals surface area contributed by atoms with Gasteiger partial charge in [-0.05, 0) is 46.7 Å². The fourth-order valence-corrected chi connectivity index (χ4v) is 2.40. The molecular weight excluding hydrogens is 258 g/mol. The average molecular weight is 285 g/mol. The maximum Gasteiger partial charge on any atom is 0.317 e. The van der Waals surface area contributed by atoms with Gasteiger partial charge in [0.2, 0.25) is 0 Å². The van der Waals surface area contributed by atoms with Gasteiger partial charge in [-0.3, -0.25) is 4.79 Å². The summed E-state index contributed by atoms with van der Waals surface area (Å²) in [5.41, 5.74) is 0. The number of likely N-dealkylation sites (tertiary alicyclic amines) is 1. The van der Waals surface area contributed by atoms with Crippen molar-refractivity contribution in [3.8, 4) is 0 Å². The van der Waals surface area contributed by atoms with Gasteiger partial charge in [-0.2, -0.15) is 0 Å². The van der Waals surface area contributed by atoms with E-state index in [0.29, 0.717) is 19.1 Å². The third kappa shape index (κ3) is 5.36. The van der Waals surface area contributed by atoms with Crippen LogP contribution >= 0.6 is 0 Å². The number of nitrogens with zero attached hydrogens (tertiary/aromatic N) is 2. The van der Waals surface area contributed by atoms with Crippen molar-refractivity contribution in [2.24, 2.45) is 0 Å². The van der Waals surface area contributed by atoms with Gasteiger partial charge in [-0.15, -0.1) is 0 Å². The van der Waals surface area contributed by atoms with E-state index in [9.17, 15) is 9.59 Å². The number of carbonyl (C=O) groups is 2. The molecule has 1 aliphatic heterocycles. The summed E-state index contributed by atoms with van der Waals surface area (Å²) in [6.45, 7) is 6.51. The molecule has 0 aromatic carbocycles. The topological polar surface area (TPSA) is 72.9 Å². The number of amides is 2. The van der Waals surface area contributed by atoms with Gasteiger partial charge >= 0.3 is 12.0 Å². The third-order valence-electron chi connectivity index (χ3n) is 3.89. The second kappa shape index (κ2) is 8.09. The SMILES string of the molecule is CC(C)N(C)CCCNC(=O)N1CCCC1CC(=O)O. The van der Waals surface area contributed by atoms with Crippen LogP contribution in [0, 0.1) is 0 Å². The Kier molecular flexibility index (Phi) is 6.78. The molecule has 0 radical (unpaired) electrons. The highest BCUT2D eigenvalue weighted by molar-refractivity contribution is 5.76. The van der Waals surface area contributed by atoms with Crippen molar-refractivity contribution in [1.82, 2.24) is 15.1 Å². The van der Waals surface area contributed by atoms with Crippen LogP contribution in [0.25, 0.3) is 0 Å². The number of hydrogen-bond donors (Lipinski definition) is 2. The molecule has 20 heavy (non-hydrogen) atoms. The van der Waals surface area contributed by atoms with E-state index < -0.39 is 5.97 Å². The molecule has 0 spiro atoms. The lowest BCUT2D eigenvalue weighted by molar-refractivity contribution is -0.137. The summed E-state index contributed by atoms with van der Waals surface area (Å²) in [6.07, 6.45) is 2.62. The number of carboxylic acids is 1. The van der Waals surface area contributed by atoms with Crippen LogP contribution in [0.5, 0.6) is 0 Å². The standard InChI is InChI=1S/C14H27N3O3/c1-11(2)16(3)8-5-7-15-14(20)17-9-4-6-12(17)10-13(18)19/h11-12H,4-10H2,1-3H3,(H,15,20)(H,18,19). The van der Waals surface area contributed by atoms with Crippen LogP contribution in [0.4, 0.5) is 4.79 Å². The van der Waals surface area contributed by atoms with Gasteiger partial charge in [0.1, 0.15) is 0 Å². The number of carboxylic acid groups (broad SMARTS) is 1. The van der Waals surface area contributed by atoms with E-state index in [0.717, 1.165) is 25.8 Å². The van der Waals surface area contributed by atoms with Crippen LogP contribution < -0.4 is 5.32 Å². The molecule has 1 atom stereocenters. The third-order valence-corrected chi connectivity index (χ3v) is 3.89. The zero-order valence-electron chi connectivity index (χ0n) is 12.8. The van der Waals surface area contributed by atoms with E-state index in [4.69, 9.17) is 5.11 Å². The molecule has 0 aliphatic carbocycles. The molecular formula is C14H27N3O3. The average Bonchev–Trinajstić information content (AvgIpc) is 2.81. The van der Waals surface area contributed by atoms with E-state index in [1.54, 1.807) is 4.90 Å². The second-order valence-corrected chi connectivity index (χ2v) is 5.75. The minimum Gasteiger partial charge on any atom is -0.481 e. The van der Waals surface area contributed by atoms with Crippen LogP contribution in [0.3, 0.4) is 0 Å². The van der Waals surface area contributed by atoms with E-state index in [-0.39, 0.29) is 18.5 Å². The predicted octanol–water partition coefficient (Wildman–Crippen LogP) is 1.37. The first kappa shape index (κ1) is 16.8. The van der Waals surface area contributed by atoms with Gasteiger partial charge in [0.15, 0.2) is 0 Å². The van der Waals surface area contributed by atoms with Crippen molar-refractivity contribution in [2.75, 3.05) is 26.7 Å². The van der Waals surface area contributed by atoms with Gasteiger partial charge in [0.05, 0.1) is 6.42 Å². The first-order valence-electron chi connectivity index (χ1n) is 7.38. The molecule has 1 unspecified atom stereocenters. The molecule has 1 heterocycles. The fraction of sp³-hybridized carbons (Fsp3) is 0.857. The van der Waals surface area contributed by atoms with Crippen molar-refractivity contribution >= 4 is 12.0 Å². The molecule has 0 aromatic rings. The molecule has 1 fully saturated rings. The summed E-state index contributed by atoms with van der Waals surface area (Å²) in [4.78, 5) is 26.7. The number of aliphatic carboxylic acids is 1. The Balaban J connectivity index is 2.26. The number of urea groups is 1. The summed E-state index contributed by atoms with van der Waals surface area (Å²) >= 11 is 0. The highest BCUT2D eigenvalue weighted by atomic mass is 16.4. The number of hydrogen-bond acceptors (Lipinski definition) is 3. The van der Waals surface area contributed by atoms with Crippen LogP contribution in [0.15, 0.2) is 0 Å². The fourth-order valence-electron chi connectivity index (χ4n) is 2.40. The second-order valence-electron chi connectivity index (χ2n) is 5.75. The van der Waals surface area contributed by atoms with Gasteiger partial charge in [0, 0.05) is 25.2 Å².